The fourth-order valence-corrected chi connectivity index (χ4v) is 2.40. The van der Waals surface area contributed by atoms with Crippen LogP contribution < -0.4 is 5.32 Å². The van der Waals surface area contributed by atoms with Crippen molar-refractivity contribution in [3.63, 3.8) is 0 Å². The lowest BCUT2D eigenvalue weighted by Gasteiger charge is -2.29. The maximum absolute atomic E-state index is 11.9. The molecule has 31 heavy (non-hydrogen) atoms. The molecular formula is C23H45N3O5. The van der Waals surface area contributed by atoms with Crippen molar-refractivity contribution in [3.05, 3.63) is 11.6 Å². The van der Waals surface area contributed by atoms with E-state index in [1.54, 1.807) is 27.0 Å². The van der Waals surface area contributed by atoms with Crippen LogP contribution in [0.4, 0.5) is 0 Å². The van der Waals surface area contributed by atoms with E-state index >= 15 is 0 Å². The van der Waals surface area contributed by atoms with E-state index in [0.717, 1.165) is 32.2 Å². The van der Waals surface area contributed by atoms with E-state index in [-0.39, 0.29) is 30.4 Å². The second-order valence-electron chi connectivity index (χ2n) is 8.46. The summed E-state index contributed by atoms with van der Waals surface area (Å²) in [6, 6.07) is -0.236. The van der Waals surface area contributed by atoms with E-state index < -0.39 is 0 Å². The zero-order valence-corrected chi connectivity index (χ0v) is 21.1. The van der Waals surface area contributed by atoms with Gasteiger partial charge in [-0.25, -0.2) is 4.79 Å². The Hall–Kier alpha value is -1.93. The summed E-state index contributed by atoms with van der Waals surface area (Å²) in [6.45, 7) is 18.1. The molecule has 1 atom stereocenters. The highest BCUT2D eigenvalue weighted by Crippen LogP contribution is 2.14. The lowest BCUT2D eigenvalue weighted by molar-refractivity contribution is -0.138. The molecule has 0 aromatic heterocycles. The monoisotopic (exact) mass is 443 g/mol. The molecule has 1 N–H and O–H groups in total. The molecule has 1 fully saturated rings. The zero-order valence-electron chi connectivity index (χ0n) is 21.1. The van der Waals surface area contributed by atoms with Gasteiger partial charge in [0.1, 0.15) is 0 Å². The number of ether oxygens (including phenoxy) is 2. The molecule has 0 radical (unpaired) electrons. The second kappa shape index (κ2) is 18.8. The van der Waals surface area contributed by atoms with Crippen molar-refractivity contribution >= 4 is 18.3 Å². The summed E-state index contributed by atoms with van der Waals surface area (Å²) in [7, 11) is 3.76. The normalized spacial score (nSPS) is 15.1. The fraction of sp³-hybridized carbons (Fsp3) is 0.783. The number of hydrogen-bond acceptors (Lipinski definition) is 6. The van der Waals surface area contributed by atoms with Crippen molar-refractivity contribution < 1.29 is 23.9 Å². The van der Waals surface area contributed by atoms with Crippen molar-refractivity contribution in [2.75, 3.05) is 53.6 Å². The summed E-state index contributed by atoms with van der Waals surface area (Å²) in [5.41, 5.74) is 0.466. The van der Waals surface area contributed by atoms with Gasteiger partial charge in [0.05, 0.1) is 32.4 Å². The van der Waals surface area contributed by atoms with Crippen LogP contribution in [0.1, 0.15) is 48.5 Å². The molecule has 2 amide bonds. The number of hydrogen-bond donors (Lipinski definition) is 1. The summed E-state index contributed by atoms with van der Waals surface area (Å²) >= 11 is 0. The number of carbonyl (C=O) groups excluding carboxylic acids is 3. The van der Waals surface area contributed by atoms with E-state index in [1.807, 2.05) is 13.8 Å². The molecule has 1 aliphatic rings. The first-order chi connectivity index (χ1) is 14.5. The topological polar surface area (TPSA) is 88.2 Å². The summed E-state index contributed by atoms with van der Waals surface area (Å²) in [5.74, 6) is 0.360. The van der Waals surface area contributed by atoms with Gasteiger partial charge in [-0.15, -0.1) is 0 Å². The standard InChI is InChI=1S/C14H24N2O4.C5H11NO.C4H10/c1-6-20-14(19)11(4)7-12(10(2)3)16(5)13(18)8-15-9-17;1-6-2-4-7-5-3-6;1-4(2)3/h7,9-10,12H,6,8H2,1-5H3,(H,15,17);2-5H2,1H3;4H,1-3H3/b11-7+;;/t12-;;/m1../s1. The highest BCUT2D eigenvalue weighted by atomic mass is 16.5. The van der Waals surface area contributed by atoms with E-state index in [4.69, 9.17) is 9.47 Å². The summed E-state index contributed by atoms with van der Waals surface area (Å²) in [5, 5.41) is 2.34. The molecule has 0 aliphatic carbocycles. The number of likely N-dealkylation sites (N-methyl/N-ethyl adjacent to an activating group) is 2. The molecule has 8 heteroatoms. The third kappa shape index (κ3) is 17.4. The predicted octanol–water partition coefficient (Wildman–Crippen LogP) is 2.34. The Balaban J connectivity index is 0. The van der Waals surface area contributed by atoms with Gasteiger partial charge in [-0.2, -0.15) is 0 Å². The van der Waals surface area contributed by atoms with Gasteiger partial charge in [0.15, 0.2) is 0 Å². The Morgan fingerprint density at radius 2 is 1.68 bits per heavy atom. The number of rotatable bonds is 8. The molecule has 1 rings (SSSR count). The molecule has 0 saturated carbocycles. The van der Waals surface area contributed by atoms with Crippen molar-refractivity contribution in [3.8, 4) is 0 Å². The Morgan fingerprint density at radius 3 is 2.03 bits per heavy atom. The van der Waals surface area contributed by atoms with Crippen LogP contribution in [0.3, 0.4) is 0 Å². The quantitative estimate of drug-likeness (QED) is 0.352. The van der Waals surface area contributed by atoms with Crippen molar-refractivity contribution in [1.82, 2.24) is 15.1 Å². The van der Waals surface area contributed by atoms with Gasteiger partial charge in [0.25, 0.3) is 0 Å². The maximum Gasteiger partial charge on any atom is 0.333 e. The molecule has 8 nitrogen and oxygen atoms in total. The molecule has 1 aliphatic heterocycles. The fourth-order valence-electron chi connectivity index (χ4n) is 2.40. The number of carbonyl (C=O) groups is 3. The molecular weight excluding hydrogens is 398 g/mol. The summed E-state index contributed by atoms with van der Waals surface area (Å²) < 4.78 is 10.0. The van der Waals surface area contributed by atoms with Crippen LogP contribution in [0.25, 0.3) is 0 Å². The average molecular weight is 444 g/mol. The highest BCUT2D eigenvalue weighted by Gasteiger charge is 2.22. The molecule has 0 aromatic rings. The van der Waals surface area contributed by atoms with Gasteiger partial charge < -0.3 is 24.6 Å². The SMILES string of the molecule is CC(C)C.CCOC(=O)/C(C)=C/[C@H](C(C)C)N(C)C(=O)CNC=O.CN1CCOCC1. The van der Waals surface area contributed by atoms with E-state index in [0.29, 0.717) is 18.6 Å². The van der Waals surface area contributed by atoms with Gasteiger partial charge in [0, 0.05) is 25.7 Å². The van der Waals surface area contributed by atoms with E-state index in [9.17, 15) is 14.4 Å². The first-order valence-corrected chi connectivity index (χ1v) is 11.0. The first kappa shape index (κ1) is 31.3. The number of morpholine rings is 1. The molecule has 1 heterocycles. The molecule has 1 saturated heterocycles. The minimum Gasteiger partial charge on any atom is -0.463 e. The number of nitrogens with one attached hydrogen (secondary N) is 1. The smallest absolute Gasteiger partial charge is 0.333 e. The first-order valence-electron chi connectivity index (χ1n) is 11.0. The van der Waals surface area contributed by atoms with Crippen LogP contribution in [-0.2, 0) is 23.9 Å². The highest BCUT2D eigenvalue weighted by molar-refractivity contribution is 5.88. The lowest BCUT2D eigenvalue weighted by Crippen LogP contribution is -2.43. The Bertz CT molecular complexity index is 527. The van der Waals surface area contributed by atoms with Crippen LogP contribution in [0.15, 0.2) is 11.6 Å². The zero-order chi connectivity index (χ0) is 24.4. The summed E-state index contributed by atoms with van der Waals surface area (Å²) in [4.78, 5) is 37.5. The molecule has 182 valence electrons. The summed E-state index contributed by atoms with van der Waals surface area (Å²) in [6.07, 6.45) is 2.21. The van der Waals surface area contributed by atoms with Crippen LogP contribution in [0.5, 0.6) is 0 Å². The average Bonchev–Trinajstić information content (AvgIpc) is 2.70. The van der Waals surface area contributed by atoms with Crippen LogP contribution in [0, 0.1) is 11.8 Å². The van der Waals surface area contributed by atoms with Gasteiger partial charge in [-0.05, 0) is 32.7 Å². The van der Waals surface area contributed by atoms with Crippen molar-refractivity contribution in [2.45, 2.75) is 54.5 Å². The molecule has 0 unspecified atom stereocenters. The van der Waals surface area contributed by atoms with Crippen molar-refractivity contribution in [2.24, 2.45) is 11.8 Å². The number of amides is 2. The molecule has 0 bridgehead atoms. The van der Waals surface area contributed by atoms with Crippen molar-refractivity contribution in [1.29, 1.82) is 0 Å². The van der Waals surface area contributed by atoms with Gasteiger partial charge in [0.2, 0.25) is 12.3 Å². The number of nitrogens with zero attached hydrogens (tertiary/aromatic N) is 2. The van der Waals surface area contributed by atoms with Crippen LogP contribution in [0.2, 0.25) is 0 Å². The van der Waals surface area contributed by atoms with Gasteiger partial charge in [-0.3, -0.25) is 9.59 Å². The second-order valence-corrected chi connectivity index (χ2v) is 8.46. The largest absolute Gasteiger partial charge is 0.463 e. The Morgan fingerprint density at radius 1 is 1.16 bits per heavy atom. The maximum atomic E-state index is 11.9. The van der Waals surface area contributed by atoms with Gasteiger partial charge in [-0.1, -0.05) is 40.7 Å². The predicted molar refractivity (Wildman–Crippen MR) is 125 cm³/mol. The molecule has 0 spiro atoms. The van der Waals surface area contributed by atoms with E-state index in [2.05, 4.69) is 38.0 Å². The Kier molecular flexibility index (Phi) is 19.0. The Labute approximate surface area is 189 Å². The van der Waals surface area contributed by atoms with Gasteiger partial charge >= 0.3 is 5.97 Å². The minimum absolute atomic E-state index is 0.0600. The lowest BCUT2D eigenvalue weighted by atomic mass is 10.00. The third-order valence-electron chi connectivity index (χ3n) is 4.11. The number of esters is 1. The van der Waals surface area contributed by atoms with E-state index in [1.165, 1.54) is 4.90 Å². The molecule has 0 aromatic carbocycles. The third-order valence-corrected chi connectivity index (χ3v) is 4.11. The van der Waals surface area contributed by atoms with Crippen LogP contribution in [-0.4, -0.2) is 87.7 Å². The van der Waals surface area contributed by atoms with Crippen LogP contribution >= 0.6 is 0 Å². The minimum atomic E-state index is -0.384.